The Labute approximate surface area is 133 Å². The lowest BCUT2D eigenvalue weighted by Gasteiger charge is -2.12. The van der Waals surface area contributed by atoms with Crippen LogP contribution in [-0.4, -0.2) is 32.1 Å². The zero-order chi connectivity index (χ0) is 15.2. The predicted molar refractivity (Wildman–Crippen MR) is 87.6 cm³/mol. The van der Waals surface area contributed by atoms with Crippen LogP contribution >= 0.6 is 27.7 Å². The van der Waals surface area contributed by atoms with E-state index >= 15 is 0 Å². The van der Waals surface area contributed by atoms with E-state index in [4.69, 9.17) is 0 Å². The molecule has 0 radical (unpaired) electrons. The van der Waals surface area contributed by atoms with Crippen LogP contribution in [-0.2, 0) is 16.6 Å². The molecule has 2 N–H and O–H groups in total. The molecule has 0 amide bonds. The SMILES string of the molecule is CSCCCCNS(=O)(=O)c1cc(CO)cc(C)c1Br. The van der Waals surface area contributed by atoms with Crippen molar-refractivity contribution in [3.05, 3.63) is 27.7 Å². The van der Waals surface area contributed by atoms with Crippen LogP contribution in [0.4, 0.5) is 0 Å². The van der Waals surface area contributed by atoms with E-state index in [9.17, 15) is 13.5 Å². The fourth-order valence-corrected chi connectivity index (χ4v) is 4.38. The first kappa shape index (κ1) is 18.0. The molecule has 0 aromatic heterocycles. The quantitative estimate of drug-likeness (QED) is 0.679. The Hall–Kier alpha value is -0.0800. The number of aryl methyl sites for hydroxylation is 1. The predicted octanol–water partition coefficient (Wildman–Crippen LogP) is 2.67. The number of hydrogen-bond acceptors (Lipinski definition) is 4. The van der Waals surface area contributed by atoms with Crippen LogP contribution in [0.3, 0.4) is 0 Å². The molecule has 0 aliphatic carbocycles. The Morgan fingerprint density at radius 2 is 2.05 bits per heavy atom. The largest absolute Gasteiger partial charge is 0.392 e. The van der Waals surface area contributed by atoms with Gasteiger partial charge in [0.15, 0.2) is 0 Å². The van der Waals surface area contributed by atoms with Crippen LogP contribution in [0.15, 0.2) is 21.5 Å². The second kappa shape index (κ2) is 8.38. The van der Waals surface area contributed by atoms with E-state index < -0.39 is 10.0 Å². The van der Waals surface area contributed by atoms with Gasteiger partial charge in [0.25, 0.3) is 0 Å². The first-order valence-electron chi connectivity index (χ1n) is 6.31. The number of thioether (sulfide) groups is 1. The average molecular weight is 382 g/mol. The van der Waals surface area contributed by atoms with Gasteiger partial charge in [-0.3, -0.25) is 0 Å². The Kier molecular flexibility index (Phi) is 7.53. The van der Waals surface area contributed by atoms with Gasteiger partial charge in [0, 0.05) is 11.0 Å². The second-order valence-corrected chi connectivity index (χ2v) is 7.99. The standard InChI is InChI=1S/C13H20BrNO3S2/c1-10-7-11(9-16)8-12(13(10)14)20(17,18)15-5-3-4-6-19-2/h7-8,15-16H,3-6,9H2,1-2H3. The molecule has 0 saturated carbocycles. The summed E-state index contributed by atoms with van der Waals surface area (Å²) in [5, 5.41) is 9.18. The molecule has 0 atom stereocenters. The number of benzene rings is 1. The molecule has 0 fully saturated rings. The van der Waals surface area contributed by atoms with E-state index in [1.807, 2.05) is 6.26 Å². The lowest BCUT2D eigenvalue weighted by Crippen LogP contribution is -2.25. The van der Waals surface area contributed by atoms with Gasteiger partial charge in [0.1, 0.15) is 0 Å². The molecule has 0 spiro atoms. The summed E-state index contributed by atoms with van der Waals surface area (Å²) in [6, 6.07) is 3.27. The van der Waals surface area contributed by atoms with E-state index in [0.717, 1.165) is 24.2 Å². The van der Waals surface area contributed by atoms with Gasteiger partial charge in [-0.15, -0.1) is 0 Å². The molecule has 7 heteroatoms. The molecule has 0 aliphatic rings. The molecule has 0 bridgehead atoms. The Morgan fingerprint density at radius 1 is 1.35 bits per heavy atom. The van der Waals surface area contributed by atoms with Crippen LogP contribution in [0.25, 0.3) is 0 Å². The molecule has 114 valence electrons. The van der Waals surface area contributed by atoms with E-state index in [1.54, 1.807) is 24.8 Å². The number of halogens is 1. The van der Waals surface area contributed by atoms with Gasteiger partial charge in [-0.1, -0.05) is 6.07 Å². The molecule has 0 heterocycles. The summed E-state index contributed by atoms with van der Waals surface area (Å²) in [5.41, 5.74) is 1.38. The maximum Gasteiger partial charge on any atom is 0.241 e. The normalized spacial score (nSPS) is 11.8. The third kappa shape index (κ3) is 5.04. The lowest BCUT2D eigenvalue weighted by atomic mass is 10.1. The van der Waals surface area contributed by atoms with Gasteiger partial charge in [-0.25, -0.2) is 13.1 Å². The third-order valence-corrected chi connectivity index (χ3v) is 6.32. The summed E-state index contributed by atoms with van der Waals surface area (Å²) in [6.45, 7) is 2.06. The summed E-state index contributed by atoms with van der Waals surface area (Å²) < 4.78 is 27.7. The highest BCUT2D eigenvalue weighted by atomic mass is 79.9. The summed E-state index contributed by atoms with van der Waals surface area (Å²) in [4.78, 5) is 0.186. The highest BCUT2D eigenvalue weighted by Gasteiger charge is 2.19. The zero-order valence-corrected chi connectivity index (χ0v) is 14.9. The van der Waals surface area contributed by atoms with Gasteiger partial charge < -0.3 is 5.11 Å². The lowest BCUT2D eigenvalue weighted by molar-refractivity contribution is 0.281. The summed E-state index contributed by atoms with van der Waals surface area (Å²) in [5.74, 6) is 1.03. The Bertz CT molecular complexity index is 547. The number of sulfonamides is 1. The van der Waals surface area contributed by atoms with Gasteiger partial charge in [-0.2, -0.15) is 11.8 Å². The molecule has 4 nitrogen and oxygen atoms in total. The van der Waals surface area contributed by atoms with Gasteiger partial charge in [-0.05, 0) is 64.9 Å². The first-order chi connectivity index (χ1) is 9.42. The fraction of sp³-hybridized carbons (Fsp3) is 0.538. The third-order valence-electron chi connectivity index (χ3n) is 2.82. The molecule has 0 aliphatic heterocycles. The van der Waals surface area contributed by atoms with Crippen LogP contribution in [0.1, 0.15) is 24.0 Å². The topological polar surface area (TPSA) is 66.4 Å². The number of hydrogen-bond donors (Lipinski definition) is 2. The molecule has 1 aromatic carbocycles. The van der Waals surface area contributed by atoms with E-state index in [-0.39, 0.29) is 11.5 Å². The van der Waals surface area contributed by atoms with Crippen LogP contribution in [0, 0.1) is 6.92 Å². The van der Waals surface area contributed by atoms with E-state index in [0.29, 0.717) is 16.6 Å². The second-order valence-electron chi connectivity index (χ2n) is 4.48. The van der Waals surface area contributed by atoms with Crippen molar-refractivity contribution in [1.29, 1.82) is 0 Å². The zero-order valence-electron chi connectivity index (χ0n) is 11.6. The number of rotatable bonds is 8. The minimum Gasteiger partial charge on any atom is -0.392 e. The molecule has 1 rings (SSSR count). The van der Waals surface area contributed by atoms with E-state index in [2.05, 4.69) is 20.7 Å². The maximum atomic E-state index is 12.3. The molecule has 0 saturated heterocycles. The monoisotopic (exact) mass is 381 g/mol. The molecule has 0 unspecified atom stereocenters. The Balaban J connectivity index is 2.84. The van der Waals surface area contributed by atoms with Crippen molar-refractivity contribution in [2.75, 3.05) is 18.6 Å². The molecule has 20 heavy (non-hydrogen) atoms. The summed E-state index contributed by atoms with van der Waals surface area (Å²) in [6.07, 6.45) is 3.83. The Morgan fingerprint density at radius 3 is 2.65 bits per heavy atom. The number of unbranched alkanes of at least 4 members (excludes halogenated alkanes) is 1. The smallest absolute Gasteiger partial charge is 0.241 e. The highest BCUT2D eigenvalue weighted by molar-refractivity contribution is 9.10. The summed E-state index contributed by atoms with van der Waals surface area (Å²) >= 11 is 5.06. The molecular formula is C13H20BrNO3S2. The minimum atomic E-state index is -3.55. The highest BCUT2D eigenvalue weighted by Crippen LogP contribution is 2.27. The molecule has 1 aromatic rings. The van der Waals surface area contributed by atoms with Crippen molar-refractivity contribution in [2.24, 2.45) is 0 Å². The maximum absolute atomic E-state index is 12.3. The van der Waals surface area contributed by atoms with Crippen molar-refractivity contribution in [2.45, 2.75) is 31.3 Å². The number of aliphatic hydroxyl groups is 1. The van der Waals surface area contributed by atoms with E-state index in [1.165, 1.54) is 6.07 Å². The van der Waals surface area contributed by atoms with Crippen LogP contribution in [0.5, 0.6) is 0 Å². The first-order valence-corrected chi connectivity index (χ1v) is 9.98. The minimum absolute atomic E-state index is 0.176. The summed E-state index contributed by atoms with van der Waals surface area (Å²) in [7, 11) is -3.55. The molecular weight excluding hydrogens is 362 g/mol. The van der Waals surface area contributed by atoms with Gasteiger partial charge >= 0.3 is 0 Å². The number of aliphatic hydroxyl groups excluding tert-OH is 1. The average Bonchev–Trinajstić information content (AvgIpc) is 2.41. The number of nitrogens with one attached hydrogen (secondary N) is 1. The van der Waals surface area contributed by atoms with Crippen LogP contribution in [0.2, 0.25) is 0 Å². The van der Waals surface area contributed by atoms with Crippen LogP contribution < -0.4 is 4.72 Å². The van der Waals surface area contributed by atoms with Gasteiger partial charge in [0.2, 0.25) is 10.0 Å². The van der Waals surface area contributed by atoms with Crippen molar-refractivity contribution >= 4 is 37.7 Å². The fourth-order valence-electron chi connectivity index (χ4n) is 1.75. The van der Waals surface area contributed by atoms with Crippen molar-refractivity contribution in [1.82, 2.24) is 4.72 Å². The van der Waals surface area contributed by atoms with Crippen molar-refractivity contribution in [3.8, 4) is 0 Å². The van der Waals surface area contributed by atoms with Gasteiger partial charge in [0.05, 0.1) is 11.5 Å². The van der Waals surface area contributed by atoms with Crippen molar-refractivity contribution < 1.29 is 13.5 Å². The van der Waals surface area contributed by atoms with Crippen molar-refractivity contribution in [3.63, 3.8) is 0 Å².